The normalized spacial score (nSPS) is 18.9. The highest BCUT2D eigenvalue weighted by Crippen LogP contribution is 2.34. The number of carbonyl (C=O) groups is 2. The third kappa shape index (κ3) is 3.45. The van der Waals surface area contributed by atoms with E-state index in [1.165, 1.54) is 18.6 Å². The van der Waals surface area contributed by atoms with Gasteiger partial charge in [-0.2, -0.15) is 4.98 Å². The lowest BCUT2D eigenvalue weighted by molar-refractivity contribution is -0.118. The maximum atomic E-state index is 12.4. The molecule has 0 spiro atoms. The van der Waals surface area contributed by atoms with E-state index in [-0.39, 0.29) is 29.8 Å². The second-order valence-corrected chi connectivity index (χ2v) is 7.76. The highest BCUT2D eigenvalue weighted by atomic mass is 16.2. The Bertz CT molecular complexity index is 943. The highest BCUT2D eigenvalue weighted by molar-refractivity contribution is 6.03. The number of nitrogens with one attached hydrogen (secondary N) is 2. The van der Waals surface area contributed by atoms with Crippen molar-refractivity contribution in [2.24, 2.45) is 5.92 Å². The first-order chi connectivity index (χ1) is 13.8. The Balaban J connectivity index is 1.46. The van der Waals surface area contributed by atoms with Gasteiger partial charge in [-0.3, -0.25) is 14.6 Å². The first-order valence-corrected chi connectivity index (χ1v) is 9.59. The van der Waals surface area contributed by atoms with Gasteiger partial charge in [0.25, 0.3) is 5.91 Å². The van der Waals surface area contributed by atoms with E-state index in [0.717, 1.165) is 0 Å². The number of aryl methyl sites for hydroxylation is 1. The fraction of sp³-hybridized carbons (Fsp3) is 0.474. The summed E-state index contributed by atoms with van der Waals surface area (Å²) < 4.78 is 0. The van der Waals surface area contributed by atoms with Crippen LogP contribution in [0.25, 0.3) is 0 Å². The third-order valence-corrected chi connectivity index (χ3v) is 5.25. The van der Waals surface area contributed by atoms with Gasteiger partial charge in [0.2, 0.25) is 11.9 Å². The molecule has 2 aliphatic heterocycles. The second kappa shape index (κ2) is 7.26. The molecule has 10 heteroatoms. The van der Waals surface area contributed by atoms with Crippen molar-refractivity contribution in [1.29, 1.82) is 0 Å². The van der Waals surface area contributed by atoms with Crippen LogP contribution in [0.1, 0.15) is 30.0 Å². The molecule has 0 radical (unpaired) electrons. The van der Waals surface area contributed by atoms with Gasteiger partial charge in [0.05, 0.1) is 17.9 Å². The zero-order chi connectivity index (χ0) is 20.7. The molecule has 0 saturated carbocycles. The molecule has 2 amide bonds. The monoisotopic (exact) mass is 396 g/mol. The van der Waals surface area contributed by atoms with E-state index in [0.29, 0.717) is 41.9 Å². The average molecular weight is 396 g/mol. The van der Waals surface area contributed by atoms with Crippen LogP contribution in [0, 0.1) is 12.8 Å². The van der Waals surface area contributed by atoms with Gasteiger partial charge in [0.15, 0.2) is 5.82 Å². The van der Waals surface area contributed by atoms with Gasteiger partial charge >= 0.3 is 0 Å². The van der Waals surface area contributed by atoms with E-state index in [1.54, 1.807) is 4.90 Å². The molecule has 4 rings (SSSR count). The SMILES string of the molecule is Cc1nc(NC2CN(C(=O)c3cnccn3)C2)nc2c1NC(=O)[C@H](C(C)C)N2C. The summed E-state index contributed by atoms with van der Waals surface area (Å²) in [7, 11) is 1.88. The molecule has 1 atom stereocenters. The van der Waals surface area contributed by atoms with Crippen molar-refractivity contribution in [2.45, 2.75) is 32.9 Å². The highest BCUT2D eigenvalue weighted by Gasteiger charge is 2.36. The van der Waals surface area contributed by atoms with Gasteiger partial charge in [-0.15, -0.1) is 0 Å². The van der Waals surface area contributed by atoms with Crippen LogP contribution in [0.3, 0.4) is 0 Å². The third-order valence-electron chi connectivity index (χ3n) is 5.25. The topological polar surface area (TPSA) is 116 Å². The van der Waals surface area contributed by atoms with E-state index in [2.05, 4.69) is 30.6 Å². The van der Waals surface area contributed by atoms with Crippen molar-refractivity contribution < 1.29 is 9.59 Å². The zero-order valence-electron chi connectivity index (χ0n) is 16.9. The smallest absolute Gasteiger partial charge is 0.274 e. The molecule has 1 fully saturated rings. The van der Waals surface area contributed by atoms with Crippen LogP contribution in [-0.2, 0) is 4.79 Å². The summed E-state index contributed by atoms with van der Waals surface area (Å²) in [4.78, 5) is 45.5. The van der Waals surface area contributed by atoms with E-state index >= 15 is 0 Å². The number of likely N-dealkylation sites (tertiary alicyclic amines) is 1. The molecule has 2 N–H and O–H groups in total. The number of hydrogen-bond acceptors (Lipinski definition) is 8. The first-order valence-electron chi connectivity index (χ1n) is 9.59. The number of likely N-dealkylation sites (N-methyl/N-ethyl adjacent to an activating group) is 1. The number of amides is 2. The zero-order valence-corrected chi connectivity index (χ0v) is 16.9. The van der Waals surface area contributed by atoms with Crippen molar-refractivity contribution in [1.82, 2.24) is 24.8 Å². The van der Waals surface area contributed by atoms with Gasteiger partial charge in [-0.05, 0) is 12.8 Å². The molecule has 0 bridgehead atoms. The fourth-order valence-electron chi connectivity index (χ4n) is 3.77. The first kappa shape index (κ1) is 19.0. The number of hydrogen-bond donors (Lipinski definition) is 2. The molecule has 2 aromatic heterocycles. The molecule has 2 aromatic rings. The molecule has 29 heavy (non-hydrogen) atoms. The Labute approximate surface area is 168 Å². The molecular formula is C19H24N8O2. The number of nitrogens with zero attached hydrogens (tertiary/aromatic N) is 6. The number of rotatable bonds is 4. The molecule has 152 valence electrons. The Morgan fingerprint density at radius 2 is 2.03 bits per heavy atom. The Kier molecular flexibility index (Phi) is 4.77. The quantitative estimate of drug-likeness (QED) is 0.784. The Hall–Kier alpha value is -3.30. The van der Waals surface area contributed by atoms with Crippen LogP contribution >= 0.6 is 0 Å². The fourth-order valence-corrected chi connectivity index (χ4v) is 3.77. The lowest BCUT2D eigenvalue weighted by Crippen LogP contribution is -2.57. The van der Waals surface area contributed by atoms with Gasteiger partial charge in [0.1, 0.15) is 17.4 Å². The van der Waals surface area contributed by atoms with Crippen LogP contribution in [0.5, 0.6) is 0 Å². The van der Waals surface area contributed by atoms with Crippen LogP contribution in [0.15, 0.2) is 18.6 Å². The Morgan fingerprint density at radius 1 is 1.28 bits per heavy atom. The van der Waals surface area contributed by atoms with Crippen LogP contribution in [0.2, 0.25) is 0 Å². The number of aromatic nitrogens is 4. The molecule has 1 saturated heterocycles. The van der Waals surface area contributed by atoms with Crippen LogP contribution in [0.4, 0.5) is 17.5 Å². The van der Waals surface area contributed by atoms with Crippen molar-refractivity contribution in [3.05, 3.63) is 30.0 Å². The molecular weight excluding hydrogens is 372 g/mol. The molecule has 10 nitrogen and oxygen atoms in total. The Morgan fingerprint density at radius 3 is 2.69 bits per heavy atom. The summed E-state index contributed by atoms with van der Waals surface area (Å²) in [5, 5.41) is 6.23. The molecule has 0 aromatic carbocycles. The number of anilines is 3. The van der Waals surface area contributed by atoms with Crippen molar-refractivity contribution in [2.75, 3.05) is 35.7 Å². The van der Waals surface area contributed by atoms with E-state index in [9.17, 15) is 9.59 Å². The maximum absolute atomic E-state index is 12.4. The molecule has 0 aliphatic carbocycles. The minimum atomic E-state index is -0.284. The second-order valence-electron chi connectivity index (χ2n) is 7.76. The summed E-state index contributed by atoms with van der Waals surface area (Å²) >= 11 is 0. The van der Waals surface area contributed by atoms with Crippen LogP contribution < -0.4 is 15.5 Å². The van der Waals surface area contributed by atoms with Crippen molar-refractivity contribution in [3.8, 4) is 0 Å². The van der Waals surface area contributed by atoms with Gasteiger partial charge in [-0.1, -0.05) is 13.8 Å². The lowest BCUT2D eigenvalue weighted by Gasteiger charge is -2.40. The number of fused-ring (bicyclic) bond motifs is 1. The van der Waals surface area contributed by atoms with E-state index in [1.807, 2.05) is 32.7 Å². The summed E-state index contributed by atoms with van der Waals surface area (Å²) in [6, 6.07) is -0.231. The van der Waals surface area contributed by atoms with E-state index in [4.69, 9.17) is 0 Å². The molecule has 2 aliphatic rings. The largest absolute Gasteiger partial charge is 0.348 e. The van der Waals surface area contributed by atoms with Crippen molar-refractivity contribution in [3.63, 3.8) is 0 Å². The maximum Gasteiger partial charge on any atom is 0.274 e. The summed E-state index contributed by atoms with van der Waals surface area (Å²) in [6.45, 7) is 6.94. The van der Waals surface area contributed by atoms with Gasteiger partial charge in [0, 0.05) is 32.5 Å². The van der Waals surface area contributed by atoms with Crippen LogP contribution in [-0.4, -0.2) is 68.9 Å². The van der Waals surface area contributed by atoms with E-state index < -0.39 is 0 Å². The summed E-state index contributed by atoms with van der Waals surface area (Å²) in [5.74, 6) is 1.15. The van der Waals surface area contributed by atoms with Gasteiger partial charge < -0.3 is 20.4 Å². The minimum absolute atomic E-state index is 0.0421. The minimum Gasteiger partial charge on any atom is -0.348 e. The average Bonchev–Trinajstić information content (AvgIpc) is 2.65. The standard InChI is InChI=1S/C19H24N8O2/c1-10(2)15-17(28)24-14-11(3)22-19(25-16(14)26(15)4)23-12-8-27(9-12)18(29)13-7-20-5-6-21-13/h5-7,10,12,15H,8-9H2,1-4H3,(H,24,28)(H,22,23,25)/t15-/m0/s1. The molecule has 0 unspecified atom stereocenters. The molecule has 4 heterocycles. The number of carbonyl (C=O) groups excluding carboxylic acids is 2. The predicted octanol–water partition coefficient (Wildman–Crippen LogP) is 0.924. The summed E-state index contributed by atoms with van der Waals surface area (Å²) in [6.07, 6.45) is 4.51. The summed E-state index contributed by atoms with van der Waals surface area (Å²) in [5.41, 5.74) is 1.68. The lowest BCUT2D eigenvalue weighted by atomic mass is 9.99. The van der Waals surface area contributed by atoms with Gasteiger partial charge in [-0.25, -0.2) is 9.97 Å². The van der Waals surface area contributed by atoms with Crippen molar-refractivity contribution >= 4 is 29.3 Å². The predicted molar refractivity (Wildman–Crippen MR) is 108 cm³/mol.